The van der Waals surface area contributed by atoms with Crippen LogP contribution in [0, 0.1) is 20.8 Å². The van der Waals surface area contributed by atoms with Crippen molar-refractivity contribution in [3.05, 3.63) is 51.8 Å². The van der Waals surface area contributed by atoms with Crippen LogP contribution in [-0.4, -0.2) is 16.3 Å². The highest BCUT2D eigenvalue weighted by Crippen LogP contribution is 2.27. The maximum atomic E-state index is 4.60. The van der Waals surface area contributed by atoms with E-state index in [9.17, 15) is 0 Å². The van der Waals surface area contributed by atoms with Crippen molar-refractivity contribution in [1.82, 2.24) is 15.1 Å². The molecule has 21 heavy (non-hydrogen) atoms. The summed E-state index contributed by atoms with van der Waals surface area (Å²) in [7, 11) is 2.04. The van der Waals surface area contributed by atoms with E-state index < -0.39 is 0 Å². The molecule has 1 N–H and O–H groups in total. The van der Waals surface area contributed by atoms with Crippen LogP contribution in [0.15, 0.2) is 18.2 Å². The zero-order valence-electron chi connectivity index (χ0n) is 14.1. The highest BCUT2D eigenvalue weighted by Gasteiger charge is 2.20. The summed E-state index contributed by atoms with van der Waals surface area (Å²) in [6, 6.07) is 7.03. The molecule has 114 valence electrons. The lowest BCUT2D eigenvalue weighted by molar-refractivity contribution is 0.569. The van der Waals surface area contributed by atoms with E-state index >= 15 is 0 Å². The molecule has 1 aromatic heterocycles. The first-order valence-corrected chi connectivity index (χ1v) is 7.81. The van der Waals surface area contributed by atoms with E-state index in [4.69, 9.17) is 0 Å². The van der Waals surface area contributed by atoms with E-state index in [1.165, 1.54) is 27.9 Å². The first-order chi connectivity index (χ1) is 9.97. The van der Waals surface area contributed by atoms with Crippen LogP contribution in [0.25, 0.3) is 0 Å². The van der Waals surface area contributed by atoms with Crippen molar-refractivity contribution < 1.29 is 0 Å². The first kappa shape index (κ1) is 15.8. The van der Waals surface area contributed by atoms with Crippen LogP contribution in [-0.2, 0) is 13.5 Å². The van der Waals surface area contributed by atoms with Gasteiger partial charge in [0.1, 0.15) is 0 Å². The standard InChI is InChI=1S/C18H27N3/c1-7-15-11-17(21(6)20-15)18(19-8-2)16-10-13(4)12(3)9-14(16)5/h9-11,18-19H,7-8H2,1-6H3. The molecular weight excluding hydrogens is 258 g/mol. The van der Waals surface area contributed by atoms with Gasteiger partial charge < -0.3 is 5.32 Å². The molecule has 0 fully saturated rings. The van der Waals surface area contributed by atoms with E-state index in [1.807, 2.05) is 11.7 Å². The Kier molecular flexibility index (Phi) is 4.84. The minimum atomic E-state index is 0.201. The van der Waals surface area contributed by atoms with Crippen LogP contribution >= 0.6 is 0 Å². The lowest BCUT2D eigenvalue weighted by Gasteiger charge is -2.22. The summed E-state index contributed by atoms with van der Waals surface area (Å²) in [4.78, 5) is 0. The Morgan fingerprint density at radius 3 is 2.29 bits per heavy atom. The summed E-state index contributed by atoms with van der Waals surface area (Å²) in [6.45, 7) is 11.8. The van der Waals surface area contributed by atoms with E-state index in [0.29, 0.717) is 0 Å². The lowest BCUT2D eigenvalue weighted by Crippen LogP contribution is -2.25. The largest absolute Gasteiger partial charge is 0.305 e. The maximum Gasteiger partial charge on any atom is 0.0750 e. The first-order valence-electron chi connectivity index (χ1n) is 7.81. The third kappa shape index (κ3) is 3.18. The SMILES string of the molecule is CCNC(c1cc(C)c(C)cc1C)c1cc(CC)nn1C. The third-order valence-electron chi connectivity index (χ3n) is 4.23. The predicted molar refractivity (Wildman–Crippen MR) is 88.8 cm³/mol. The fourth-order valence-electron chi connectivity index (χ4n) is 2.86. The Bertz CT molecular complexity index is 626. The normalized spacial score (nSPS) is 12.7. The van der Waals surface area contributed by atoms with Gasteiger partial charge in [-0.25, -0.2) is 0 Å². The van der Waals surface area contributed by atoms with Gasteiger partial charge in [-0.1, -0.05) is 26.0 Å². The van der Waals surface area contributed by atoms with Crippen molar-refractivity contribution in [2.24, 2.45) is 7.05 Å². The van der Waals surface area contributed by atoms with Gasteiger partial charge in [0.05, 0.1) is 17.4 Å². The number of aryl methyl sites for hydroxylation is 5. The molecule has 3 heteroatoms. The van der Waals surface area contributed by atoms with Crippen LogP contribution in [0.2, 0.25) is 0 Å². The van der Waals surface area contributed by atoms with E-state index in [-0.39, 0.29) is 6.04 Å². The monoisotopic (exact) mass is 285 g/mol. The average Bonchev–Trinajstić information content (AvgIpc) is 2.82. The zero-order chi connectivity index (χ0) is 15.6. The van der Waals surface area contributed by atoms with Gasteiger partial charge in [0.2, 0.25) is 0 Å². The van der Waals surface area contributed by atoms with Gasteiger partial charge in [0, 0.05) is 7.05 Å². The molecule has 1 aromatic carbocycles. The van der Waals surface area contributed by atoms with Crippen molar-refractivity contribution in [1.29, 1.82) is 0 Å². The fourth-order valence-corrected chi connectivity index (χ4v) is 2.86. The number of benzene rings is 1. The Labute approximate surface area is 128 Å². The molecule has 1 unspecified atom stereocenters. The molecule has 0 saturated heterocycles. The van der Waals surface area contributed by atoms with Crippen LogP contribution < -0.4 is 5.32 Å². The number of rotatable bonds is 5. The Hall–Kier alpha value is -1.61. The second-order valence-electron chi connectivity index (χ2n) is 5.82. The number of aromatic nitrogens is 2. The molecular formula is C18H27N3. The van der Waals surface area contributed by atoms with E-state index in [0.717, 1.165) is 18.7 Å². The average molecular weight is 285 g/mol. The topological polar surface area (TPSA) is 29.9 Å². The Morgan fingerprint density at radius 2 is 1.71 bits per heavy atom. The molecule has 0 saturated carbocycles. The number of nitrogens with zero attached hydrogens (tertiary/aromatic N) is 2. The molecule has 1 atom stereocenters. The van der Waals surface area contributed by atoms with Crippen LogP contribution in [0.4, 0.5) is 0 Å². The lowest BCUT2D eigenvalue weighted by atomic mass is 9.94. The molecule has 0 amide bonds. The van der Waals surface area contributed by atoms with Crippen molar-refractivity contribution in [3.8, 4) is 0 Å². The summed E-state index contributed by atoms with van der Waals surface area (Å²) in [5.41, 5.74) is 7.77. The molecule has 2 rings (SSSR count). The van der Waals surface area contributed by atoms with Gasteiger partial charge in [0.15, 0.2) is 0 Å². The Balaban J connectivity index is 2.52. The molecule has 1 heterocycles. The van der Waals surface area contributed by atoms with E-state index in [1.54, 1.807) is 0 Å². The van der Waals surface area contributed by atoms with Crippen LogP contribution in [0.5, 0.6) is 0 Å². The summed E-state index contributed by atoms with van der Waals surface area (Å²) in [5.74, 6) is 0. The summed E-state index contributed by atoms with van der Waals surface area (Å²) < 4.78 is 2.01. The zero-order valence-corrected chi connectivity index (χ0v) is 14.1. The minimum absolute atomic E-state index is 0.201. The smallest absolute Gasteiger partial charge is 0.0750 e. The van der Waals surface area contributed by atoms with Gasteiger partial charge in [0.25, 0.3) is 0 Å². The van der Waals surface area contributed by atoms with Crippen molar-refractivity contribution in [2.45, 2.75) is 47.1 Å². The molecule has 2 aromatic rings. The second kappa shape index (κ2) is 6.44. The van der Waals surface area contributed by atoms with Crippen molar-refractivity contribution in [3.63, 3.8) is 0 Å². The highest BCUT2D eigenvalue weighted by molar-refractivity contribution is 5.41. The summed E-state index contributed by atoms with van der Waals surface area (Å²) in [6.07, 6.45) is 0.971. The molecule has 0 aliphatic rings. The van der Waals surface area contributed by atoms with Gasteiger partial charge in [-0.05, 0) is 62.1 Å². The summed E-state index contributed by atoms with van der Waals surface area (Å²) in [5, 5.41) is 8.22. The molecule has 3 nitrogen and oxygen atoms in total. The van der Waals surface area contributed by atoms with E-state index in [2.05, 4.69) is 63.2 Å². The predicted octanol–water partition coefficient (Wildman–Crippen LogP) is 3.61. The quantitative estimate of drug-likeness (QED) is 0.909. The number of hydrogen-bond donors (Lipinski definition) is 1. The van der Waals surface area contributed by atoms with Crippen LogP contribution in [0.1, 0.15) is 53.5 Å². The molecule has 0 radical (unpaired) electrons. The van der Waals surface area contributed by atoms with Gasteiger partial charge >= 0.3 is 0 Å². The summed E-state index contributed by atoms with van der Waals surface area (Å²) >= 11 is 0. The van der Waals surface area contributed by atoms with Crippen LogP contribution in [0.3, 0.4) is 0 Å². The number of hydrogen-bond acceptors (Lipinski definition) is 2. The second-order valence-corrected chi connectivity index (χ2v) is 5.82. The Morgan fingerprint density at radius 1 is 1.05 bits per heavy atom. The fraction of sp³-hybridized carbons (Fsp3) is 0.500. The highest BCUT2D eigenvalue weighted by atomic mass is 15.3. The van der Waals surface area contributed by atoms with Crippen molar-refractivity contribution in [2.75, 3.05) is 6.54 Å². The maximum absolute atomic E-state index is 4.60. The minimum Gasteiger partial charge on any atom is -0.305 e. The molecule has 0 aliphatic carbocycles. The number of nitrogens with one attached hydrogen (secondary N) is 1. The third-order valence-corrected chi connectivity index (χ3v) is 4.23. The molecule has 0 bridgehead atoms. The van der Waals surface area contributed by atoms with Gasteiger partial charge in [-0.3, -0.25) is 4.68 Å². The van der Waals surface area contributed by atoms with Gasteiger partial charge in [-0.15, -0.1) is 0 Å². The molecule has 0 spiro atoms. The van der Waals surface area contributed by atoms with Gasteiger partial charge in [-0.2, -0.15) is 5.10 Å². The molecule has 0 aliphatic heterocycles. The van der Waals surface area contributed by atoms with Crippen molar-refractivity contribution >= 4 is 0 Å².